The molecule has 1 amide bonds. The minimum absolute atomic E-state index is 0.0899. The molecule has 0 saturated carbocycles. The van der Waals surface area contributed by atoms with E-state index in [0.717, 1.165) is 32.8 Å². The third-order valence-electron chi connectivity index (χ3n) is 4.82. The first kappa shape index (κ1) is 20.9. The van der Waals surface area contributed by atoms with Gasteiger partial charge >= 0.3 is 0 Å². The lowest BCUT2D eigenvalue weighted by molar-refractivity contribution is -0.119. The van der Waals surface area contributed by atoms with Crippen LogP contribution in [0.15, 0.2) is 66.7 Å². The Morgan fingerprint density at radius 1 is 1.00 bits per heavy atom. The van der Waals surface area contributed by atoms with Crippen LogP contribution in [0.5, 0.6) is 11.5 Å². The SMILES string of the molecule is CCOc1ccc(N(C(=O)COc2cc(C)ccc2C)c2nc3ccccc3s2)cc1. The molecule has 6 heteroatoms. The van der Waals surface area contributed by atoms with E-state index in [1.54, 1.807) is 4.90 Å². The number of carbonyl (C=O) groups excluding carboxylic acids is 1. The minimum atomic E-state index is -0.191. The first-order valence-electron chi connectivity index (χ1n) is 10.2. The number of amides is 1. The molecule has 0 aliphatic rings. The molecule has 158 valence electrons. The maximum absolute atomic E-state index is 13.3. The van der Waals surface area contributed by atoms with E-state index >= 15 is 0 Å². The lowest BCUT2D eigenvalue weighted by Crippen LogP contribution is -2.31. The number of fused-ring (bicyclic) bond motifs is 1. The molecule has 4 rings (SSSR count). The summed E-state index contributed by atoms with van der Waals surface area (Å²) in [7, 11) is 0. The molecular weight excluding hydrogens is 408 g/mol. The molecule has 4 aromatic rings. The first-order chi connectivity index (χ1) is 15.0. The Morgan fingerprint density at radius 2 is 1.77 bits per heavy atom. The van der Waals surface area contributed by atoms with Gasteiger partial charge in [-0.25, -0.2) is 4.98 Å². The molecule has 0 fully saturated rings. The molecule has 3 aromatic carbocycles. The third-order valence-corrected chi connectivity index (χ3v) is 5.85. The van der Waals surface area contributed by atoms with Crippen molar-refractivity contribution in [3.63, 3.8) is 0 Å². The zero-order chi connectivity index (χ0) is 21.8. The van der Waals surface area contributed by atoms with Crippen LogP contribution in [0.3, 0.4) is 0 Å². The first-order valence-corrected chi connectivity index (χ1v) is 11.0. The highest BCUT2D eigenvalue weighted by Crippen LogP contribution is 2.34. The molecular formula is C25H24N2O3S. The average Bonchev–Trinajstić information content (AvgIpc) is 3.19. The highest BCUT2D eigenvalue weighted by atomic mass is 32.1. The zero-order valence-electron chi connectivity index (χ0n) is 17.8. The Morgan fingerprint density at radius 3 is 2.52 bits per heavy atom. The fourth-order valence-electron chi connectivity index (χ4n) is 3.24. The van der Waals surface area contributed by atoms with Gasteiger partial charge in [0.15, 0.2) is 11.7 Å². The van der Waals surface area contributed by atoms with Gasteiger partial charge in [-0.2, -0.15) is 0 Å². The molecule has 0 spiro atoms. The average molecular weight is 433 g/mol. The van der Waals surface area contributed by atoms with Crippen LogP contribution in [-0.4, -0.2) is 24.1 Å². The van der Waals surface area contributed by atoms with Crippen LogP contribution in [0.25, 0.3) is 10.2 Å². The second-order valence-corrected chi connectivity index (χ2v) is 8.19. The second-order valence-electron chi connectivity index (χ2n) is 7.18. The van der Waals surface area contributed by atoms with Crippen molar-refractivity contribution in [3.8, 4) is 11.5 Å². The predicted molar refractivity (Wildman–Crippen MR) is 126 cm³/mol. The molecule has 5 nitrogen and oxygen atoms in total. The lowest BCUT2D eigenvalue weighted by Gasteiger charge is -2.21. The smallest absolute Gasteiger partial charge is 0.271 e. The van der Waals surface area contributed by atoms with E-state index in [0.29, 0.717) is 17.5 Å². The van der Waals surface area contributed by atoms with Crippen LogP contribution < -0.4 is 14.4 Å². The van der Waals surface area contributed by atoms with E-state index in [1.165, 1.54) is 11.3 Å². The monoisotopic (exact) mass is 432 g/mol. The molecule has 0 unspecified atom stereocenters. The molecule has 0 aliphatic heterocycles. The Kier molecular flexibility index (Phi) is 6.18. The normalized spacial score (nSPS) is 10.8. The van der Waals surface area contributed by atoms with E-state index in [1.807, 2.05) is 87.5 Å². The molecule has 0 saturated heterocycles. The Bertz CT molecular complexity index is 1170. The number of ether oxygens (including phenoxy) is 2. The van der Waals surface area contributed by atoms with Crippen molar-refractivity contribution in [2.45, 2.75) is 20.8 Å². The maximum atomic E-state index is 13.3. The number of hydrogen-bond acceptors (Lipinski definition) is 5. The summed E-state index contributed by atoms with van der Waals surface area (Å²) in [6, 6.07) is 21.3. The molecule has 0 aliphatic carbocycles. The van der Waals surface area contributed by atoms with E-state index in [4.69, 9.17) is 14.5 Å². The van der Waals surface area contributed by atoms with Gasteiger partial charge in [-0.1, -0.05) is 35.6 Å². The number of anilines is 2. The predicted octanol–water partition coefficient (Wildman–Crippen LogP) is 6.06. The van der Waals surface area contributed by atoms with Crippen molar-refractivity contribution < 1.29 is 14.3 Å². The zero-order valence-corrected chi connectivity index (χ0v) is 18.6. The quantitative estimate of drug-likeness (QED) is 0.356. The van der Waals surface area contributed by atoms with Crippen molar-refractivity contribution in [3.05, 3.63) is 77.9 Å². The number of hydrogen-bond donors (Lipinski definition) is 0. The molecule has 31 heavy (non-hydrogen) atoms. The number of nitrogens with zero attached hydrogens (tertiary/aromatic N) is 2. The summed E-state index contributed by atoms with van der Waals surface area (Å²) in [6.45, 7) is 6.41. The van der Waals surface area contributed by atoms with Gasteiger partial charge in [0.05, 0.1) is 22.5 Å². The summed E-state index contributed by atoms with van der Waals surface area (Å²) in [6.07, 6.45) is 0. The van der Waals surface area contributed by atoms with Gasteiger partial charge in [0, 0.05) is 0 Å². The summed E-state index contributed by atoms with van der Waals surface area (Å²) >= 11 is 1.48. The fraction of sp³-hybridized carbons (Fsp3) is 0.200. The van der Waals surface area contributed by atoms with Crippen LogP contribution in [0.1, 0.15) is 18.1 Å². The molecule has 1 aromatic heterocycles. The molecule has 0 radical (unpaired) electrons. The van der Waals surface area contributed by atoms with Crippen molar-refractivity contribution in [2.75, 3.05) is 18.1 Å². The summed E-state index contributed by atoms with van der Waals surface area (Å²) in [5, 5.41) is 0.611. The van der Waals surface area contributed by atoms with Crippen molar-refractivity contribution >= 4 is 38.3 Å². The number of carbonyl (C=O) groups is 1. The van der Waals surface area contributed by atoms with Gasteiger partial charge in [-0.05, 0) is 74.4 Å². The number of para-hydroxylation sites is 1. The number of thiazole rings is 1. The molecule has 0 bridgehead atoms. The number of rotatable bonds is 7. The van der Waals surface area contributed by atoms with Gasteiger partial charge in [0.1, 0.15) is 11.5 Å². The number of aromatic nitrogens is 1. The maximum Gasteiger partial charge on any atom is 0.271 e. The highest BCUT2D eigenvalue weighted by Gasteiger charge is 2.23. The number of benzene rings is 3. The molecule has 0 atom stereocenters. The summed E-state index contributed by atoms with van der Waals surface area (Å²) in [5.74, 6) is 1.28. The van der Waals surface area contributed by atoms with Crippen LogP contribution in [0.2, 0.25) is 0 Å². The van der Waals surface area contributed by atoms with Crippen molar-refractivity contribution in [2.24, 2.45) is 0 Å². The molecule has 1 heterocycles. The van der Waals surface area contributed by atoms with Crippen LogP contribution in [0.4, 0.5) is 10.8 Å². The lowest BCUT2D eigenvalue weighted by atomic mass is 10.1. The van der Waals surface area contributed by atoms with Crippen molar-refractivity contribution in [1.82, 2.24) is 4.98 Å². The minimum Gasteiger partial charge on any atom is -0.494 e. The van der Waals surface area contributed by atoms with E-state index < -0.39 is 0 Å². The molecule has 0 N–H and O–H groups in total. The Balaban J connectivity index is 1.65. The van der Waals surface area contributed by atoms with E-state index in [-0.39, 0.29) is 12.5 Å². The number of aryl methyl sites for hydroxylation is 2. The third kappa shape index (κ3) is 4.70. The van der Waals surface area contributed by atoms with Crippen LogP contribution in [0, 0.1) is 13.8 Å². The van der Waals surface area contributed by atoms with E-state index in [2.05, 4.69) is 0 Å². The topological polar surface area (TPSA) is 51.7 Å². The highest BCUT2D eigenvalue weighted by molar-refractivity contribution is 7.22. The second kappa shape index (κ2) is 9.18. The van der Waals surface area contributed by atoms with Gasteiger partial charge in [0.25, 0.3) is 5.91 Å². The van der Waals surface area contributed by atoms with Gasteiger partial charge in [0.2, 0.25) is 0 Å². The van der Waals surface area contributed by atoms with Crippen LogP contribution in [-0.2, 0) is 4.79 Å². The summed E-state index contributed by atoms with van der Waals surface area (Å²) in [5.41, 5.74) is 3.66. The van der Waals surface area contributed by atoms with Gasteiger partial charge in [-0.15, -0.1) is 0 Å². The standard InChI is InChI=1S/C25H24N2O3S/c1-4-29-20-13-11-19(12-14-20)27(25-26-21-7-5-6-8-23(21)31-25)24(28)16-30-22-15-17(2)9-10-18(22)3/h5-15H,4,16H2,1-3H3. The van der Waals surface area contributed by atoms with Gasteiger partial charge in [-0.3, -0.25) is 9.69 Å². The summed E-state index contributed by atoms with van der Waals surface area (Å²) < 4.78 is 12.5. The van der Waals surface area contributed by atoms with Crippen LogP contribution >= 0.6 is 11.3 Å². The van der Waals surface area contributed by atoms with E-state index in [9.17, 15) is 4.79 Å². The fourth-order valence-corrected chi connectivity index (χ4v) is 4.25. The summed E-state index contributed by atoms with van der Waals surface area (Å²) in [4.78, 5) is 19.6. The van der Waals surface area contributed by atoms with Crippen molar-refractivity contribution in [1.29, 1.82) is 0 Å². The van der Waals surface area contributed by atoms with Gasteiger partial charge < -0.3 is 9.47 Å². The largest absolute Gasteiger partial charge is 0.494 e. The Hall–Kier alpha value is -3.38. The Labute approximate surface area is 185 Å².